The van der Waals surface area contributed by atoms with Gasteiger partial charge in [0, 0.05) is 23.2 Å². The number of hydrogen-bond acceptors (Lipinski definition) is 6. The first kappa shape index (κ1) is 18.7. The van der Waals surface area contributed by atoms with Gasteiger partial charge in [-0.2, -0.15) is 14.0 Å². The molecule has 2 aromatic carbocycles. The van der Waals surface area contributed by atoms with E-state index in [9.17, 15) is 0 Å². The van der Waals surface area contributed by atoms with Gasteiger partial charge in [-0.3, -0.25) is 9.97 Å². The molecule has 4 rings (SSSR count). The summed E-state index contributed by atoms with van der Waals surface area (Å²) in [6.07, 6.45) is 3.62. The van der Waals surface area contributed by atoms with Crippen molar-refractivity contribution in [3.63, 3.8) is 0 Å². The molecule has 0 saturated heterocycles. The maximum Gasteiger partial charge on any atom is 0.0777 e. The quantitative estimate of drug-likeness (QED) is 0.485. The van der Waals surface area contributed by atoms with Crippen LogP contribution in [0.5, 0.6) is 0 Å². The summed E-state index contributed by atoms with van der Waals surface area (Å²) in [6.45, 7) is 0. The lowest BCUT2D eigenvalue weighted by atomic mass is 10.2. The summed E-state index contributed by atoms with van der Waals surface area (Å²) in [5.74, 6) is 0. The zero-order chi connectivity index (χ0) is 18.1. The molecule has 0 amide bonds. The molecule has 0 bridgehead atoms. The first-order valence-corrected chi connectivity index (χ1v) is 8.42. The van der Waals surface area contributed by atoms with Crippen molar-refractivity contribution in [1.29, 1.82) is 0 Å². The molecule has 0 fully saturated rings. The minimum absolute atomic E-state index is 1.06. The molecule has 25 heavy (non-hydrogen) atoms. The number of halogens is 1. The number of aromatic nitrogens is 2. The van der Waals surface area contributed by atoms with Crippen LogP contribution in [0.3, 0.4) is 0 Å². The second-order valence-electron chi connectivity index (χ2n) is 4.79. The smallest absolute Gasteiger partial charge is 0.0777 e. The number of para-hydroxylation sites is 2. The monoisotopic (exact) mass is 358 g/mol. The molecule has 0 spiro atoms. The molecule has 0 aliphatic carbocycles. The van der Waals surface area contributed by atoms with E-state index in [1.807, 2.05) is 60.9 Å². The highest BCUT2D eigenvalue weighted by Crippen LogP contribution is 2.08. The summed E-state index contributed by atoms with van der Waals surface area (Å²) in [5, 5.41) is 2.40. The summed E-state index contributed by atoms with van der Waals surface area (Å²) in [5.41, 5.74) is 2.12. The van der Waals surface area contributed by atoms with Crippen LogP contribution in [0.2, 0.25) is 0 Å². The molecular weight excluding hydrogens is 344 g/mol. The van der Waals surface area contributed by atoms with Crippen molar-refractivity contribution in [3.05, 3.63) is 85.2 Å². The molecule has 0 aliphatic rings. The van der Waals surface area contributed by atoms with E-state index in [1.54, 1.807) is 0 Å². The fourth-order valence-corrected chi connectivity index (χ4v) is 2.03. The van der Waals surface area contributed by atoms with Crippen molar-refractivity contribution in [1.82, 2.24) is 9.97 Å². The predicted molar refractivity (Wildman–Crippen MR) is 85.7 cm³/mol. The SMILES string of the molecule is [O-][Cl+3]([O-])([O-])O.c1ccc2ncccc2c1.c1ccc2ncccc2c1. The standard InChI is InChI=1S/2C9H7N.ClHO4/c2*1-2-6-9-8(4-1)5-3-7-10-9;2-1(3,4)5/h2*1-7H;(H,2,3,4,5). The third-order valence-electron chi connectivity index (χ3n) is 3.02. The highest BCUT2D eigenvalue weighted by Gasteiger charge is 1.98. The van der Waals surface area contributed by atoms with E-state index in [1.165, 1.54) is 10.8 Å². The average Bonchev–Trinajstić information content (AvgIpc) is 2.61. The van der Waals surface area contributed by atoms with E-state index in [0.717, 1.165) is 11.0 Å². The Balaban J connectivity index is 0.000000144. The van der Waals surface area contributed by atoms with Gasteiger partial charge in [0.25, 0.3) is 0 Å². The highest BCUT2D eigenvalue weighted by molar-refractivity contribution is 5.78. The van der Waals surface area contributed by atoms with E-state index < -0.39 is 10.2 Å². The van der Waals surface area contributed by atoms with E-state index in [2.05, 4.69) is 34.2 Å². The van der Waals surface area contributed by atoms with Crippen molar-refractivity contribution in [2.75, 3.05) is 0 Å². The number of hydrogen-bond donors (Lipinski definition) is 1. The molecule has 2 heterocycles. The first-order valence-electron chi connectivity index (χ1n) is 7.16. The van der Waals surface area contributed by atoms with Gasteiger partial charge in [0.2, 0.25) is 0 Å². The molecule has 0 unspecified atom stereocenters. The molecular formula is C18H15ClN2O4. The molecule has 1 N–H and O–H groups in total. The molecule has 4 aromatic rings. The number of rotatable bonds is 0. The molecule has 2 aromatic heterocycles. The molecule has 0 saturated carbocycles. The van der Waals surface area contributed by atoms with Crippen molar-refractivity contribution in [2.45, 2.75) is 0 Å². The minimum atomic E-state index is -4.69. The molecule has 0 radical (unpaired) electrons. The number of benzene rings is 2. The third kappa shape index (κ3) is 7.21. The summed E-state index contributed by atoms with van der Waals surface area (Å²) in [4.78, 5) is 8.36. The summed E-state index contributed by atoms with van der Waals surface area (Å²) in [6, 6.07) is 24.2. The lowest BCUT2D eigenvalue weighted by Crippen LogP contribution is -2.58. The summed E-state index contributed by atoms with van der Waals surface area (Å²) in [7, 11) is -4.69. The van der Waals surface area contributed by atoms with Crippen LogP contribution < -0.4 is 14.0 Å². The van der Waals surface area contributed by atoms with Crippen LogP contribution in [0.4, 0.5) is 0 Å². The lowest BCUT2D eigenvalue weighted by molar-refractivity contribution is -1.92. The van der Waals surface area contributed by atoms with Crippen molar-refractivity contribution in [2.24, 2.45) is 0 Å². The van der Waals surface area contributed by atoms with E-state index in [0.29, 0.717) is 0 Å². The minimum Gasteiger partial charge on any atom is -0.256 e. The van der Waals surface area contributed by atoms with Gasteiger partial charge in [-0.1, -0.05) is 48.5 Å². The Morgan fingerprint density at radius 2 is 0.920 bits per heavy atom. The Bertz CT molecular complexity index is 721. The molecule has 128 valence electrons. The van der Waals surface area contributed by atoms with Crippen LogP contribution >= 0.6 is 0 Å². The van der Waals surface area contributed by atoms with Crippen LogP contribution in [0, 0.1) is 10.2 Å². The van der Waals surface area contributed by atoms with Gasteiger partial charge in [-0.25, -0.2) is 0 Å². The van der Waals surface area contributed by atoms with E-state index in [-0.39, 0.29) is 0 Å². The normalized spacial score (nSPS) is 10.4. The van der Waals surface area contributed by atoms with Gasteiger partial charge >= 0.3 is 0 Å². The highest BCUT2D eigenvalue weighted by atomic mass is 35.7. The van der Waals surface area contributed by atoms with Crippen molar-refractivity contribution >= 4 is 21.8 Å². The fourth-order valence-electron chi connectivity index (χ4n) is 2.03. The Morgan fingerprint density at radius 3 is 1.28 bits per heavy atom. The Morgan fingerprint density at radius 1 is 0.600 bits per heavy atom. The first-order chi connectivity index (χ1) is 11.9. The molecule has 6 nitrogen and oxygen atoms in total. The van der Waals surface area contributed by atoms with Gasteiger partial charge in [-0.15, -0.1) is 0 Å². The van der Waals surface area contributed by atoms with Crippen LogP contribution in [-0.4, -0.2) is 14.6 Å². The van der Waals surface area contributed by atoms with Gasteiger partial charge in [0.05, 0.1) is 25.9 Å². The van der Waals surface area contributed by atoms with Crippen LogP contribution in [0.1, 0.15) is 0 Å². The van der Waals surface area contributed by atoms with Gasteiger partial charge < -0.3 is 0 Å². The number of fused-ring (bicyclic) bond motifs is 2. The zero-order valence-corrected chi connectivity index (χ0v) is 13.8. The van der Waals surface area contributed by atoms with E-state index in [4.69, 9.17) is 18.6 Å². The van der Waals surface area contributed by atoms with Gasteiger partial charge in [-0.05, 0) is 24.3 Å². The van der Waals surface area contributed by atoms with Crippen LogP contribution in [0.15, 0.2) is 85.2 Å². The second-order valence-corrected chi connectivity index (χ2v) is 5.58. The largest absolute Gasteiger partial charge is 0.256 e. The summed E-state index contributed by atoms with van der Waals surface area (Å²) < 4.78 is 32.7. The average molecular weight is 359 g/mol. The van der Waals surface area contributed by atoms with E-state index >= 15 is 0 Å². The Hall–Kier alpha value is -2.61. The van der Waals surface area contributed by atoms with Gasteiger partial charge in [0.1, 0.15) is 0 Å². The third-order valence-corrected chi connectivity index (χ3v) is 3.02. The number of pyridine rings is 2. The zero-order valence-electron chi connectivity index (χ0n) is 13.0. The molecule has 0 aliphatic heterocycles. The van der Waals surface area contributed by atoms with Crippen LogP contribution in [-0.2, 0) is 0 Å². The predicted octanol–water partition coefficient (Wildman–Crippen LogP) is 0.346. The maximum atomic E-state index is 8.60. The van der Waals surface area contributed by atoms with Gasteiger partial charge in [0.15, 0.2) is 0 Å². The topological polar surface area (TPSA) is 115 Å². The van der Waals surface area contributed by atoms with Crippen molar-refractivity contribution in [3.8, 4) is 0 Å². The lowest BCUT2D eigenvalue weighted by Gasteiger charge is -2.03. The number of nitrogens with zero attached hydrogens (tertiary/aromatic N) is 2. The second kappa shape index (κ2) is 9.03. The molecule has 7 heteroatoms. The van der Waals surface area contributed by atoms with Crippen LogP contribution in [0.25, 0.3) is 21.8 Å². The molecule has 0 atom stereocenters. The Kier molecular flexibility index (Phi) is 6.76. The fraction of sp³-hybridized carbons (Fsp3) is 0. The van der Waals surface area contributed by atoms with Crippen molar-refractivity contribution < 1.29 is 28.9 Å². The summed E-state index contributed by atoms with van der Waals surface area (Å²) >= 11 is 0. The Labute approximate surface area is 146 Å². The maximum absolute atomic E-state index is 8.60.